The maximum absolute atomic E-state index is 11.2. The summed E-state index contributed by atoms with van der Waals surface area (Å²) in [5.41, 5.74) is 6.24. The third kappa shape index (κ3) is 4.51. The molecule has 0 aliphatic rings. The maximum Gasteiger partial charge on any atom is 0.673 e. The van der Waals surface area contributed by atoms with E-state index in [1.807, 2.05) is 31.2 Å². The molecule has 0 saturated heterocycles. The summed E-state index contributed by atoms with van der Waals surface area (Å²) >= 11 is 1.61. The number of nitrogens with zero attached hydrogens (tertiary/aromatic N) is 1. The van der Waals surface area contributed by atoms with Crippen molar-refractivity contribution in [3.8, 4) is 0 Å². The minimum atomic E-state index is -6.00. The molecule has 2 rings (SSSR count). The van der Waals surface area contributed by atoms with E-state index in [2.05, 4.69) is 0 Å². The molecule has 0 aliphatic carbocycles. The second-order valence-electron chi connectivity index (χ2n) is 3.49. The van der Waals surface area contributed by atoms with Gasteiger partial charge in [-0.15, -0.1) is 0 Å². The van der Waals surface area contributed by atoms with Crippen LogP contribution < -0.4 is 10.3 Å². The van der Waals surface area contributed by atoms with Crippen LogP contribution >= 0.6 is 11.3 Å². The Balaban J connectivity index is 0.000000312. The molecule has 1 aromatic heterocycles. The lowest BCUT2D eigenvalue weighted by atomic mass is 10.3. The van der Waals surface area contributed by atoms with E-state index >= 15 is 0 Å². The van der Waals surface area contributed by atoms with Gasteiger partial charge in [0.15, 0.2) is 10.5 Å². The first-order valence-electron chi connectivity index (χ1n) is 5.33. The maximum atomic E-state index is 11.2. The van der Waals surface area contributed by atoms with Crippen molar-refractivity contribution >= 4 is 34.8 Å². The zero-order chi connectivity index (χ0) is 14.6. The van der Waals surface area contributed by atoms with Gasteiger partial charge in [0.25, 0.3) is 0 Å². The number of thiazole rings is 1. The molecule has 2 aromatic rings. The molecule has 9 heteroatoms. The molecule has 0 fully saturated rings. The zero-order valence-electron chi connectivity index (χ0n) is 9.95. The van der Waals surface area contributed by atoms with Crippen LogP contribution in [-0.4, -0.2) is 13.3 Å². The van der Waals surface area contributed by atoms with Crippen LogP contribution in [0.3, 0.4) is 0 Å². The number of aromatic nitrogens is 1. The summed E-state index contributed by atoms with van der Waals surface area (Å²) in [7, 11) is -6.00. The van der Waals surface area contributed by atoms with Gasteiger partial charge in [0, 0.05) is 6.42 Å². The molecule has 0 atom stereocenters. The van der Waals surface area contributed by atoms with Gasteiger partial charge >= 0.3 is 13.3 Å². The predicted molar refractivity (Wildman–Crippen MR) is 66.6 cm³/mol. The summed E-state index contributed by atoms with van der Waals surface area (Å²) in [4.78, 5) is 11.2. The fourth-order valence-electron chi connectivity index (χ4n) is 1.51. The molecule has 19 heavy (non-hydrogen) atoms. The molecule has 0 unspecified atom stereocenters. The fraction of sp³-hybridized carbons (Fsp3) is 0.200. The number of halogens is 4. The van der Waals surface area contributed by atoms with Crippen molar-refractivity contribution in [1.29, 1.82) is 0 Å². The number of carbonyl (C=O) groups excluding carboxylic acids is 1. The van der Waals surface area contributed by atoms with Crippen molar-refractivity contribution in [1.82, 2.24) is 0 Å². The molecule has 0 bridgehead atoms. The van der Waals surface area contributed by atoms with Gasteiger partial charge in [0.2, 0.25) is 0 Å². The molecule has 1 heterocycles. The van der Waals surface area contributed by atoms with Gasteiger partial charge in [0.1, 0.15) is 0 Å². The first-order valence-corrected chi connectivity index (χ1v) is 6.15. The molecule has 0 spiro atoms. The Morgan fingerprint density at radius 3 is 2.32 bits per heavy atom. The molecule has 0 saturated carbocycles. The van der Waals surface area contributed by atoms with Crippen LogP contribution in [-0.2, 0) is 6.42 Å². The third-order valence-electron chi connectivity index (χ3n) is 2.11. The highest BCUT2D eigenvalue weighted by Crippen LogP contribution is 2.19. The van der Waals surface area contributed by atoms with Gasteiger partial charge in [-0.05, 0) is 12.1 Å². The van der Waals surface area contributed by atoms with E-state index in [0.29, 0.717) is 0 Å². The molecular weight excluding hydrogens is 283 g/mol. The number of hydrogen-bond acceptors (Lipinski definition) is 2. The molecule has 0 radical (unpaired) electrons. The van der Waals surface area contributed by atoms with Gasteiger partial charge in [-0.2, -0.15) is 9.36 Å². The molecule has 2 N–H and O–H groups in total. The van der Waals surface area contributed by atoms with E-state index in [1.165, 1.54) is 0 Å². The topological polar surface area (TPSA) is 47.0 Å². The van der Waals surface area contributed by atoms with E-state index in [4.69, 9.17) is 5.73 Å². The molecule has 104 valence electrons. The molecule has 0 aliphatic heterocycles. The Morgan fingerprint density at radius 2 is 1.84 bits per heavy atom. The van der Waals surface area contributed by atoms with Crippen LogP contribution in [0.4, 0.5) is 22.1 Å². The summed E-state index contributed by atoms with van der Waals surface area (Å²) in [6, 6.07) is 7.38. The van der Waals surface area contributed by atoms with Crippen molar-refractivity contribution < 1.29 is 26.6 Å². The van der Waals surface area contributed by atoms with E-state index in [-0.39, 0.29) is 0 Å². The predicted octanol–water partition coefficient (Wildman–Crippen LogP) is 2.98. The monoisotopic (exact) mass is 294 g/mol. The van der Waals surface area contributed by atoms with Crippen LogP contribution in [0.1, 0.15) is 11.9 Å². The number of carbonyl (C=O) groups is 1. The van der Waals surface area contributed by atoms with Crippen molar-refractivity contribution in [3.63, 3.8) is 0 Å². The minimum absolute atomic E-state index is 0.403. The second-order valence-corrected chi connectivity index (χ2v) is 4.60. The van der Waals surface area contributed by atoms with E-state index in [9.17, 15) is 22.1 Å². The Kier molecular flexibility index (Phi) is 4.87. The standard InChI is InChI=1S/C10H10N2OS.BF4/c1-2-9-12(10(11)13)7-5-3-4-6-8(7)14-9;2-1(3,4)5/h3-6H,2H2,1H3,(H-,11,13);/q;-1/p+1. The SMILES string of the molecule is CCc1sc2ccccc2[n+]1C(N)=O.F[B-](F)(F)F. The lowest BCUT2D eigenvalue weighted by Gasteiger charge is -1.94. The van der Waals surface area contributed by atoms with E-state index < -0.39 is 13.3 Å². The highest BCUT2D eigenvalue weighted by Gasteiger charge is 2.20. The number of fused-ring (bicyclic) bond motifs is 1. The molecule has 1 aromatic carbocycles. The Morgan fingerprint density at radius 1 is 1.32 bits per heavy atom. The fourth-order valence-corrected chi connectivity index (χ4v) is 2.60. The second kappa shape index (κ2) is 6.00. The van der Waals surface area contributed by atoms with Crippen molar-refractivity contribution in [2.75, 3.05) is 0 Å². The summed E-state index contributed by atoms with van der Waals surface area (Å²) in [5, 5.41) is 0.999. The average Bonchev–Trinajstić information content (AvgIpc) is 2.64. The van der Waals surface area contributed by atoms with Crippen molar-refractivity contribution in [2.45, 2.75) is 13.3 Å². The minimum Gasteiger partial charge on any atom is -0.418 e. The summed E-state index contributed by atoms with van der Waals surface area (Å²) in [6.45, 7) is 2.02. The van der Waals surface area contributed by atoms with Crippen molar-refractivity contribution in [3.05, 3.63) is 29.3 Å². The number of hydrogen-bond donors (Lipinski definition) is 1. The van der Waals surface area contributed by atoms with Crippen molar-refractivity contribution in [2.24, 2.45) is 5.73 Å². The normalized spacial score (nSPS) is 11.0. The Labute approximate surface area is 110 Å². The van der Waals surface area contributed by atoms with Crippen LogP contribution in [0.15, 0.2) is 24.3 Å². The number of nitrogens with two attached hydrogens (primary N) is 1. The Hall–Kier alpha value is -1.64. The number of aryl methyl sites for hydroxylation is 1. The van der Waals surface area contributed by atoms with Gasteiger partial charge in [0.05, 0.1) is 4.70 Å². The van der Waals surface area contributed by atoms with Gasteiger partial charge in [-0.25, -0.2) is 0 Å². The zero-order valence-corrected chi connectivity index (χ0v) is 10.8. The summed E-state index contributed by atoms with van der Waals surface area (Å²) in [6.07, 6.45) is 0.822. The average molecular weight is 294 g/mol. The smallest absolute Gasteiger partial charge is 0.418 e. The third-order valence-corrected chi connectivity index (χ3v) is 3.38. The van der Waals surface area contributed by atoms with E-state index in [1.54, 1.807) is 15.9 Å². The molecule has 1 amide bonds. The summed E-state index contributed by atoms with van der Waals surface area (Å²) in [5.74, 6) is 0. The quantitative estimate of drug-likeness (QED) is 0.490. The molecular formula is C10H11BF4N2OS. The summed E-state index contributed by atoms with van der Waals surface area (Å²) < 4.78 is 41.7. The van der Waals surface area contributed by atoms with Gasteiger partial charge < -0.3 is 17.3 Å². The number of rotatable bonds is 1. The highest BCUT2D eigenvalue weighted by molar-refractivity contribution is 7.18. The number of benzene rings is 1. The Bertz CT molecular complexity index is 578. The van der Waals surface area contributed by atoms with Gasteiger partial charge in [-0.1, -0.05) is 30.4 Å². The lowest BCUT2D eigenvalue weighted by molar-refractivity contribution is -0.544. The van der Waals surface area contributed by atoms with Crippen LogP contribution in [0.5, 0.6) is 0 Å². The number of primary amides is 1. The van der Waals surface area contributed by atoms with Crippen LogP contribution in [0, 0.1) is 0 Å². The van der Waals surface area contributed by atoms with Crippen LogP contribution in [0.25, 0.3) is 10.2 Å². The highest BCUT2D eigenvalue weighted by atomic mass is 32.1. The number of amides is 1. The largest absolute Gasteiger partial charge is 0.673 e. The first kappa shape index (κ1) is 15.4. The van der Waals surface area contributed by atoms with Crippen LogP contribution in [0.2, 0.25) is 0 Å². The lowest BCUT2D eigenvalue weighted by Crippen LogP contribution is -2.48. The van der Waals surface area contributed by atoms with E-state index in [0.717, 1.165) is 21.6 Å². The first-order chi connectivity index (χ1) is 8.74. The molecule has 3 nitrogen and oxygen atoms in total. The van der Waals surface area contributed by atoms with Gasteiger partial charge in [-0.3, -0.25) is 5.73 Å². The number of para-hydroxylation sites is 1.